The van der Waals surface area contributed by atoms with Gasteiger partial charge < -0.3 is 31.5 Å². The van der Waals surface area contributed by atoms with Crippen molar-refractivity contribution in [3.8, 4) is 0 Å². The van der Waals surface area contributed by atoms with Crippen LogP contribution in [0.15, 0.2) is 60.7 Å². The lowest BCUT2D eigenvalue weighted by Gasteiger charge is -2.35. The van der Waals surface area contributed by atoms with Gasteiger partial charge in [0.1, 0.15) is 18.1 Å². The number of amides is 4. The van der Waals surface area contributed by atoms with Gasteiger partial charge in [0.2, 0.25) is 23.6 Å². The Hall–Kier alpha value is -3.48. The second kappa shape index (κ2) is 16.7. The highest BCUT2D eigenvalue weighted by Crippen LogP contribution is 2.46. The van der Waals surface area contributed by atoms with Crippen LogP contribution in [0.4, 0.5) is 0 Å². The minimum Gasteiger partial charge on any atom is -0.367 e. The number of benzene rings is 2. The molecule has 0 bridgehead atoms. The Morgan fingerprint density at radius 1 is 0.840 bits per heavy atom. The fourth-order valence-electron chi connectivity index (χ4n) is 7.33. The first-order chi connectivity index (χ1) is 23.9. The molecule has 0 radical (unpaired) electrons. The third kappa shape index (κ3) is 8.87. The number of nitrogens with zero attached hydrogens (tertiary/aromatic N) is 1. The van der Waals surface area contributed by atoms with Gasteiger partial charge in [-0.1, -0.05) is 86.7 Å². The standard InChI is InChI=1S/C38H52N6O4S2/c1-23(25-12-8-6-9-13-25)33(45)40-27-16-18-28(19-17-27)41-34(46)31(26-14-10-7-11-15-26)43-35(47)32-38(3,4)22-30-44(32)37(48)29(20-21-50-30)42-36(49)24(2)39-5/h6-15,23-24,27-32,39H,16-22H2,1-5H3,(H,40,45)(H,41,46)(H,42,49)(H,43,47)/t23-,24-,27-,28-,29-,30-,31+,32+/m0/s1. The maximum absolute atomic E-state index is 14.3. The zero-order valence-electron chi connectivity index (χ0n) is 29.7. The number of likely N-dealkylation sites (N-methyl/N-ethyl adjacent to an activating group) is 1. The SMILES string of the molecule is CN[C@@H](C)C(=S)N[C@H]1CCS[C@H]2CC(C)(C)[C@@H](C(=O)N[C@@H](C(=O)N[C@H]3CC[C@H](NC(=O)[C@@H](C)c4ccccc4)CC3)c3ccccc3)N2C1=O. The highest BCUT2D eigenvalue weighted by Gasteiger charge is 2.54. The van der Waals surface area contributed by atoms with Crippen LogP contribution in [-0.4, -0.2) is 81.9 Å². The molecule has 10 nitrogen and oxygen atoms in total. The molecule has 2 aliphatic heterocycles. The number of carbonyl (C=O) groups is 4. The molecule has 2 aromatic rings. The normalized spacial score (nSPS) is 26.4. The molecule has 0 aromatic heterocycles. The van der Waals surface area contributed by atoms with Crippen molar-refractivity contribution < 1.29 is 19.2 Å². The average Bonchev–Trinajstić information content (AvgIpc) is 3.31. The van der Waals surface area contributed by atoms with E-state index in [0.717, 1.165) is 24.2 Å². The Morgan fingerprint density at radius 2 is 1.40 bits per heavy atom. The molecule has 3 aliphatic rings. The highest BCUT2D eigenvalue weighted by atomic mass is 32.2. The summed E-state index contributed by atoms with van der Waals surface area (Å²) in [5.41, 5.74) is 1.13. The maximum Gasteiger partial charge on any atom is 0.247 e. The van der Waals surface area contributed by atoms with E-state index in [4.69, 9.17) is 12.2 Å². The van der Waals surface area contributed by atoms with Gasteiger partial charge in [0.05, 0.1) is 22.3 Å². The highest BCUT2D eigenvalue weighted by molar-refractivity contribution is 7.99. The molecular formula is C38H52N6O4S2. The Balaban J connectivity index is 1.25. The molecule has 270 valence electrons. The summed E-state index contributed by atoms with van der Waals surface area (Å²) in [6, 6.07) is 16.6. The molecule has 0 spiro atoms. The Labute approximate surface area is 306 Å². The topological polar surface area (TPSA) is 132 Å². The van der Waals surface area contributed by atoms with Crippen molar-refractivity contribution in [3.63, 3.8) is 0 Å². The molecule has 2 saturated heterocycles. The fourth-order valence-corrected chi connectivity index (χ4v) is 9.17. The molecule has 4 amide bonds. The van der Waals surface area contributed by atoms with E-state index in [2.05, 4.69) is 26.6 Å². The van der Waals surface area contributed by atoms with Crippen molar-refractivity contribution in [3.05, 3.63) is 71.8 Å². The molecule has 5 N–H and O–H groups in total. The average molecular weight is 721 g/mol. The first kappa shape index (κ1) is 37.8. The molecule has 2 heterocycles. The molecule has 6 atom stereocenters. The molecule has 1 aliphatic carbocycles. The van der Waals surface area contributed by atoms with Crippen LogP contribution in [0.25, 0.3) is 0 Å². The number of thioether (sulfide) groups is 1. The van der Waals surface area contributed by atoms with Crippen LogP contribution in [0.1, 0.15) is 89.3 Å². The Bertz CT molecular complexity index is 1520. The lowest BCUT2D eigenvalue weighted by Crippen LogP contribution is -2.58. The van der Waals surface area contributed by atoms with Gasteiger partial charge in [-0.15, -0.1) is 11.8 Å². The van der Waals surface area contributed by atoms with Crippen molar-refractivity contribution >= 4 is 52.6 Å². The van der Waals surface area contributed by atoms with E-state index in [1.165, 1.54) is 0 Å². The van der Waals surface area contributed by atoms with Crippen molar-refractivity contribution in [1.29, 1.82) is 0 Å². The van der Waals surface area contributed by atoms with Gasteiger partial charge in [-0.2, -0.15) is 0 Å². The largest absolute Gasteiger partial charge is 0.367 e. The molecule has 1 saturated carbocycles. The summed E-state index contributed by atoms with van der Waals surface area (Å²) in [4.78, 5) is 57.7. The van der Waals surface area contributed by atoms with Gasteiger partial charge in [0.25, 0.3) is 0 Å². The molecule has 3 fully saturated rings. The van der Waals surface area contributed by atoms with E-state index in [-0.39, 0.29) is 53.0 Å². The van der Waals surface area contributed by atoms with Gasteiger partial charge in [-0.25, -0.2) is 0 Å². The van der Waals surface area contributed by atoms with Crippen molar-refractivity contribution in [2.75, 3.05) is 12.8 Å². The summed E-state index contributed by atoms with van der Waals surface area (Å²) in [5.74, 6) is -0.247. The molecule has 2 aromatic carbocycles. The quantitative estimate of drug-likeness (QED) is 0.219. The van der Waals surface area contributed by atoms with Gasteiger partial charge in [0, 0.05) is 12.1 Å². The molecular weight excluding hydrogens is 669 g/mol. The first-order valence-electron chi connectivity index (χ1n) is 17.8. The van der Waals surface area contributed by atoms with E-state index >= 15 is 0 Å². The number of fused-ring (bicyclic) bond motifs is 1. The van der Waals surface area contributed by atoms with Crippen LogP contribution in [-0.2, 0) is 19.2 Å². The number of thiocarbonyl (C=S) groups is 1. The monoisotopic (exact) mass is 720 g/mol. The Kier molecular flexibility index (Phi) is 12.6. The van der Waals surface area contributed by atoms with Crippen LogP contribution < -0.4 is 26.6 Å². The summed E-state index contributed by atoms with van der Waals surface area (Å²) in [6.45, 7) is 7.89. The van der Waals surface area contributed by atoms with Crippen molar-refractivity contribution in [2.45, 2.75) is 114 Å². The minimum atomic E-state index is -0.935. The molecule has 5 rings (SSSR count). The maximum atomic E-state index is 14.3. The first-order valence-corrected chi connectivity index (χ1v) is 19.3. The third-order valence-corrected chi connectivity index (χ3v) is 12.2. The lowest BCUT2D eigenvalue weighted by molar-refractivity contribution is -0.143. The van der Waals surface area contributed by atoms with Gasteiger partial charge >= 0.3 is 0 Å². The number of carbonyl (C=O) groups excluding carboxylic acids is 4. The summed E-state index contributed by atoms with van der Waals surface area (Å²) >= 11 is 7.26. The smallest absolute Gasteiger partial charge is 0.247 e. The molecule has 12 heteroatoms. The zero-order valence-corrected chi connectivity index (χ0v) is 31.4. The zero-order chi connectivity index (χ0) is 36.0. The summed E-state index contributed by atoms with van der Waals surface area (Å²) in [5, 5.41) is 15.7. The van der Waals surface area contributed by atoms with Crippen molar-refractivity contribution in [2.24, 2.45) is 5.41 Å². The van der Waals surface area contributed by atoms with Crippen LogP contribution in [0, 0.1) is 5.41 Å². The Morgan fingerprint density at radius 3 is 1.98 bits per heavy atom. The van der Waals surface area contributed by atoms with Crippen LogP contribution in [0.5, 0.6) is 0 Å². The van der Waals surface area contributed by atoms with Crippen LogP contribution >= 0.6 is 24.0 Å². The van der Waals surface area contributed by atoms with E-state index in [1.54, 1.807) is 16.7 Å². The van der Waals surface area contributed by atoms with Gasteiger partial charge in [0.15, 0.2) is 0 Å². The van der Waals surface area contributed by atoms with Crippen molar-refractivity contribution in [1.82, 2.24) is 31.5 Å². The predicted molar refractivity (Wildman–Crippen MR) is 202 cm³/mol. The van der Waals surface area contributed by atoms with E-state index in [9.17, 15) is 19.2 Å². The van der Waals surface area contributed by atoms with Crippen LogP contribution in [0.2, 0.25) is 0 Å². The minimum absolute atomic E-state index is 0.00578. The van der Waals surface area contributed by atoms with Gasteiger partial charge in [-0.3, -0.25) is 19.2 Å². The van der Waals surface area contributed by atoms with E-state index in [1.807, 2.05) is 95.4 Å². The molecule has 0 unspecified atom stereocenters. The number of hydrogen-bond acceptors (Lipinski definition) is 7. The number of nitrogens with one attached hydrogen (secondary N) is 5. The number of rotatable bonds is 11. The second-order valence-electron chi connectivity index (χ2n) is 14.6. The lowest BCUT2D eigenvalue weighted by atomic mass is 9.83. The van der Waals surface area contributed by atoms with Gasteiger partial charge in [-0.05, 0) is 81.7 Å². The predicted octanol–water partition coefficient (Wildman–Crippen LogP) is 4.17. The fraction of sp³-hybridized carbons (Fsp3) is 0.553. The third-order valence-electron chi connectivity index (χ3n) is 10.5. The summed E-state index contributed by atoms with van der Waals surface area (Å²) < 4.78 is 0. The van der Waals surface area contributed by atoms with Crippen LogP contribution in [0.3, 0.4) is 0 Å². The second-order valence-corrected chi connectivity index (χ2v) is 16.3. The molecule has 50 heavy (non-hydrogen) atoms. The summed E-state index contributed by atoms with van der Waals surface area (Å²) in [6.07, 6.45) is 4.19. The number of hydrogen-bond donors (Lipinski definition) is 5. The van der Waals surface area contributed by atoms with E-state index < -0.39 is 23.5 Å². The summed E-state index contributed by atoms with van der Waals surface area (Å²) in [7, 11) is 1.82. The van der Waals surface area contributed by atoms with E-state index in [0.29, 0.717) is 36.2 Å².